The second kappa shape index (κ2) is 4.41. The van der Waals surface area contributed by atoms with E-state index in [0.29, 0.717) is 0 Å². The van der Waals surface area contributed by atoms with Gasteiger partial charge in [0.05, 0.1) is 6.04 Å². The first-order chi connectivity index (χ1) is 6.95. The summed E-state index contributed by atoms with van der Waals surface area (Å²) in [5.41, 5.74) is 2.50. The van der Waals surface area contributed by atoms with Crippen LogP contribution in [-0.2, 0) is 10.2 Å². The number of hydrogen-bond donors (Lipinski definition) is 0. The van der Waals surface area contributed by atoms with Crippen LogP contribution >= 0.6 is 0 Å². The van der Waals surface area contributed by atoms with E-state index in [4.69, 9.17) is 0 Å². The van der Waals surface area contributed by atoms with Gasteiger partial charge in [0.15, 0.2) is 0 Å². The Morgan fingerprint density at radius 2 is 1.73 bits per heavy atom. The van der Waals surface area contributed by atoms with Crippen molar-refractivity contribution >= 4 is 6.08 Å². The average Bonchev–Trinajstić information content (AvgIpc) is 2.17. The Morgan fingerprint density at radius 1 is 1.20 bits per heavy atom. The van der Waals surface area contributed by atoms with Crippen molar-refractivity contribution in [1.29, 1.82) is 0 Å². The largest absolute Gasteiger partial charge is 0.235 e. The number of nitrogens with zero attached hydrogens (tertiary/aromatic N) is 1. The molecule has 0 N–H and O–H groups in total. The highest BCUT2D eigenvalue weighted by atomic mass is 16.1. The molecule has 0 fully saturated rings. The van der Waals surface area contributed by atoms with E-state index in [-0.39, 0.29) is 11.5 Å². The van der Waals surface area contributed by atoms with Crippen molar-refractivity contribution in [2.45, 2.75) is 39.2 Å². The number of hydrogen-bond acceptors (Lipinski definition) is 2. The number of benzene rings is 1. The summed E-state index contributed by atoms with van der Waals surface area (Å²) in [7, 11) is 0. The van der Waals surface area contributed by atoms with Crippen molar-refractivity contribution in [2.24, 2.45) is 4.99 Å². The Labute approximate surface area is 91.0 Å². The predicted molar refractivity (Wildman–Crippen MR) is 61.7 cm³/mol. The van der Waals surface area contributed by atoms with Gasteiger partial charge in [-0.3, -0.25) is 0 Å². The Morgan fingerprint density at radius 3 is 2.13 bits per heavy atom. The molecule has 15 heavy (non-hydrogen) atoms. The minimum absolute atomic E-state index is 0.100. The Hall–Kier alpha value is -1.40. The molecule has 1 aromatic rings. The summed E-state index contributed by atoms with van der Waals surface area (Å²) < 4.78 is 0. The third-order valence-electron chi connectivity index (χ3n) is 2.51. The molecule has 1 aromatic carbocycles. The zero-order valence-corrected chi connectivity index (χ0v) is 9.74. The summed E-state index contributed by atoms with van der Waals surface area (Å²) >= 11 is 0. The maximum atomic E-state index is 10.1. The fraction of sp³-hybridized carbons (Fsp3) is 0.462. The highest BCUT2D eigenvalue weighted by molar-refractivity contribution is 5.36. The highest BCUT2D eigenvalue weighted by Gasteiger charge is 2.13. The molecule has 0 saturated heterocycles. The molecule has 0 saturated carbocycles. The zero-order chi connectivity index (χ0) is 11.5. The Balaban J connectivity index is 2.95. The fourth-order valence-corrected chi connectivity index (χ4v) is 1.42. The average molecular weight is 203 g/mol. The van der Waals surface area contributed by atoms with Crippen molar-refractivity contribution in [3.8, 4) is 0 Å². The number of aliphatic imine (C=N–C) groups is 1. The second-order valence-electron chi connectivity index (χ2n) is 4.77. The first-order valence-electron chi connectivity index (χ1n) is 5.12. The molecule has 0 radical (unpaired) electrons. The molecule has 0 aliphatic carbocycles. The molecule has 2 nitrogen and oxygen atoms in total. The maximum Gasteiger partial charge on any atom is 0.235 e. The van der Waals surface area contributed by atoms with Crippen molar-refractivity contribution in [3.63, 3.8) is 0 Å². The lowest BCUT2D eigenvalue weighted by Crippen LogP contribution is -2.10. The van der Waals surface area contributed by atoms with Gasteiger partial charge in [-0.1, -0.05) is 45.0 Å². The monoisotopic (exact) mass is 203 g/mol. The van der Waals surface area contributed by atoms with Gasteiger partial charge < -0.3 is 0 Å². The minimum Gasteiger partial charge on any atom is -0.211 e. The van der Waals surface area contributed by atoms with Gasteiger partial charge in [0.2, 0.25) is 6.08 Å². The first kappa shape index (κ1) is 11.7. The van der Waals surface area contributed by atoms with E-state index in [9.17, 15) is 4.79 Å². The van der Waals surface area contributed by atoms with Crippen LogP contribution in [0, 0.1) is 0 Å². The topological polar surface area (TPSA) is 29.4 Å². The van der Waals surface area contributed by atoms with Gasteiger partial charge >= 0.3 is 0 Å². The van der Waals surface area contributed by atoms with Gasteiger partial charge in [-0.2, -0.15) is 4.99 Å². The summed E-state index contributed by atoms with van der Waals surface area (Å²) in [6, 6.07) is 8.12. The van der Waals surface area contributed by atoms with E-state index >= 15 is 0 Å². The number of carbonyl (C=O) groups excluding carboxylic acids is 1. The normalized spacial score (nSPS) is 13.1. The van der Waals surface area contributed by atoms with Crippen LogP contribution in [0.4, 0.5) is 0 Å². The molecule has 0 aliphatic heterocycles. The van der Waals surface area contributed by atoms with E-state index < -0.39 is 0 Å². The van der Waals surface area contributed by atoms with Crippen LogP contribution in [0.2, 0.25) is 0 Å². The fourth-order valence-electron chi connectivity index (χ4n) is 1.42. The van der Waals surface area contributed by atoms with Gasteiger partial charge in [0.1, 0.15) is 0 Å². The van der Waals surface area contributed by atoms with Crippen molar-refractivity contribution in [3.05, 3.63) is 35.4 Å². The molecule has 80 valence electrons. The Bertz CT molecular complexity index is 367. The third kappa shape index (κ3) is 3.03. The van der Waals surface area contributed by atoms with Gasteiger partial charge in [-0.05, 0) is 23.5 Å². The van der Waals surface area contributed by atoms with Crippen molar-refractivity contribution < 1.29 is 4.79 Å². The molecular formula is C13H17NO. The highest BCUT2D eigenvalue weighted by Crippen LogP contribution is 2.24. The molecule has 2 heteroatoms. The molecule has 0 amide bonds. The van der Waals surface area contributed by atoms with Crippen molar-refractivity contribution in [2.75, 3.05) is 0 Å². The lowest BCUT2D eigenvalue weighted by molar-refractivity contribution is 0.559. The number of rotatable bonds is 2. The molecule has 0 aromatic heterocycles. The zero-order valence-electron chi connectivity index (χ0n) is 9.74. The number of isocyanates is 1. The molecule has 1 rings (SSSR count). The maximum absolute atomic E-state index is 10.1. The second-order valence-corrected chi connectivity index (χ2v) is 4.77. The molecule has 0 spiro atoms. The molecule has 1 atom stereocenters. The smallest absolute Gasteiger partial charge is 0.211 e. The quantitative estimate of drug-likeness (QED) is 0.535. The predicted octanol–water partition coefficient (Wildman–Crippen LogP) is 3.38. The first-order valence-corrected chi connectivity index (χ1v) is 5.12. The molecular weight excluding hydrogens is 186 g/mol. The SMILES string of the molecule is C[C@H](N=C=O)c1ccc(C(C)(C)C)cc1. The van der Waals surface area contributed by atoms with Gasteiger partial charge in [-0.15, -0.1) is 0 Å². The van der Waals surface area contributed by atoms with Crippen LogP contribution in [-0.4, -0.2) is 6.08 Å². The van der Waals surface area contributed by atoms with E-state index in [1.54, 1.807) is 6.08 Å². The minimum atomic E-state index is -0.100. The summed E-state index contributed by atoms with van der Waals surface area (Å²) in [5, 5.41) is 0. The third-order valence-corrected chi connectivity index (χ3v) is 2.51. The summed E-state index contributed by atoms with van der Waals surface area (Å²) in [5.74, 6) is 0. The van der Waals surface area contributed by atoms with Gasteiger partial charge in [0.25, 0.3) is 0 Å². The van der Waals surface area contributed by atoms with E-state index in [1.807, 2.05) is 19.1 Å². The lowest BCUT2D eigenvalue weighted by Gasteiger charge is -2.19. The van der Waals surface area contributed by atoms with Crippen LogP contribution in [0.5, 0.6) is 0 Å². The van der Waals surface area contributed by atoms with E-state index in [1.165, 1.54) is 5.56 Å². The van der Waals surface area contributed by atoms with E-state index in [2.05, 4.69) is 37.9 Å². The van der Waals surface area contributed by atoms with E-state index in [0.717, 1.165) is 5.56 Å². The van der Waals surface area contributed by atoms with Crippen molar-refractivity contribution in [1.82, 2.24) is 0 Å². The molecule has 0 unspecified atom stereocenters. The molecule has 0 heterocycles. The van der Waals surface area contributed by atoms with Gasteiger partial charge in [0, 0.05) is 0 Å². The summed E-state index contributed by atoms with van der Waals surface area (Å²) in [4.78, 5) is 13.8. The van der Waals surface area contributed by atoms with Crippen LogP contribution in [0.15, 0.2) is 29.3 Å². The summed E-state index contributed by atoms with van der Waals surface area (Å²) in [6.07, 6.45) is 1.59. The lowest BCUT2D eigenvalue weighted by atomic mass is 9.86. The van der Waals surface area contributed by atoms with Crippen LogP contribution in [0.1, 0.15) is 44.9 Å². The van der Waals surface area contributed by atoms with Gasteiger partial charge in [-0.25, -0.2) is 4.79 Å². The molecule has 0 bridgehead atoms. The van der Waals surface area contributed by atoms with Crippen LogP contribution < -0.4 is 0 Å². The summed E-state index contributed by atoms with van der Waals surface area (Å²) in [6.45, 7) is 8.41. The van der Waals surface area contributed by atoms with Crippen LogP contribution in [0.25, 0.3) is 0 Å². The molecule has 0 aliphatic rings. The van der Waals surface area contributed by atoms with Crippen LogP contribution in [0.3, 0.4) is 0 Å². The standard InChI is InChI=1S/C13H17NO/c1-10(14-9-15)11-5-7-12(8-6-11)13(2,3)4/h5-8,10H,1-4H3/t10-/m0/s1. The Kier molecular flexibility index (Phi) is 3.43.